The highest BCUT2D eigenvalue weighted by atomic mass is 16.7. The second kappa shape index (κ2) is 13.0. The van der Waals surface area contributed by atoms with Gasteiger partial charge >= 0.3 is 0 Å². The average molecular weight is 530 g/mol. The van der Waals surface area contributed by atoms with Crippen molar-refractivity contribution in [1.82, 2.24) is 30.1 Å². The first-order valence-electron chi connectivity index (χ1n) is 12.5. The summed E-state index contributed by atoms with van der Waals surface area (Å²) in [6.07, 6.45) is -1.27. The lowest BCUT2D eigenvalue weighted by atomic mass is 10.1. The van der Waals surface area contributed by atoms with Crippen LogP contribution in [0.25, 0.3) is 22.6 Å². The third-order valence-corrected chi connectivity index (χ3v) is 6.06. The predicted molar refractivity (Wildman–Crippen MR) is 139 cm³/mol. The zero-order valence-electron chi connectivity index (χ0n) is 21.6. The maximum absolute atomic E-state index is 11.0. The van der Waals surface area contributed by atoms with E-state index in [0.29, 0.717) is 42.6 Å². The summed E-state index contributed by atoms with van der Waals surface area (Å²) in [4.78, 5) is 24.1. The number of anilines is 1. The van der Waals surface area contributed by atoms with Crippen molar-refractivity contribution >= 4 is 17.0 Å². The molecule has 2 aromatic heterocycles. The molecule has 4 atom stereocenters. The monoisotopic (exact) mass is 529 g/mol. The molecular weight excluding hydrogens is 494 g/mol. The summed E-state index contributed by atoms with van der Waals surface area (Å²) in [7, 11) is 1.79. The van der Waals surface area contributed by atoms with Crippen LogP contribution in [0, 0.1) is 0 Å². The number of nitrogens with one attached hydrogen (secondary N) is 1. The van der Waals surface area contributed by atoms with Crippen molar-refractivity contribution in [2.24, 2.45) is 0 Å². The van der Waals surface area contributed by atoms with E-state index in [1.165, 1.54) is 6.33 Å². The van der Waals surface area contributed by atoms with Gasteiger partial charge in [0, 0.05) is 19.2 Å². The van der Waals surface area contributed by atoms with E-state index in [2.05, 4.69) is 27.0 Å². The Morgan fingerprint density at radius 1 is 1.21 bits per heavy atom. The number of nitrogens with two attached hydrogens (primary N) is 1. The van der Waals surface area contributed by atoms with Gasteiger partial charge in [0.2, 0.25) is 5.88 Å². The van der Waals surface area contributed by atoms with Crippen LogP contribution in [0.15, 0.2) is 49.1 Å². The highest BCUT2D eigenvalue weighted by Crippen LogP contribution is 2.36. The van der Waals surface area contributed by atoms with Gasteiger partial charge in [-0.2, -0.15) is 5.06 Å². The molecule has 206 valence electrons. The van der Waals surface area contributed by atoms with Crippen LogP contribution < -0.4 is 11.2 Å². The van der Waals surface area contributed by atoms with Crippen LogP contribution in [-0.2, 0) is 19.1 Å². The molecular formula is C25H35N7O6. The standard InChI is InChI=1S/C25H35N7O6/c1-4-35-16(2)30-36-13-9-8-12-31(3)37-14-18-20(33)21(34)25(38-18)32-23(17-10-6-5-7-11-17)29-19-22(26)27-15-28-24(19)32/h5-7,10-11,15,18,20-21,25,30,33-34H,2,4,8-9,12-14H2,1,3H3,(H2,26,27,28)/t18-,20-,21-,25-/m1/s1. The quantitative estimate of drug-likeness (QED) is 0.135. The molecule has 3 aromatic rings. The Bertz CT molecular complexity index is 1190. The van der Waals surface area contributed by atoms with Gasteiger partial charge in [0.25, 0.3) is 0 Å². The van der Waals surface area contributed by atoms with Gasteiger partial charge in [0.05, 0.1) is 19.8 Å². The lowest BCUT2D eigenvalue weighted by Gasteiger charge is -2.21. The number of hydrogen-bond donors (Lipinski definition) is 4. The summed E-state index contributed by atoms with van der Waals surface area (Å²) >= 11 is 0. The lowest BCUT2D eigenvalue weighted by Crippen LogP contribution is -2.36. The molecule has 0 amide bonds. The van der Waals surface area contributed by atoms with Gasteiger partial charge in [0.1, 0.15) is 30.5 Å². The number of rotatable bonds is 14. The summed E-state index contributed by atoms with van der Waals surface area (Å²) in [5.41, 5.74) is 10.2. The maximum Gasteiger partial charge on any atom is 0.203 e. The molecule has 13 heteroatoms. The topological polar surface area (TPSA) is 162 Å². The molecule has 1 aromatic carbocycles. The highest BCUT2D eigenvalue weighted by Gasteiger charge is 2.45. The molecule has 0 saturated carbocycles. The molecule has 0 spiro atoms. The van der Waals surface area contributed by atoms with Crippen LogP contribution in [-0.4, -0.2) is 86.5 Å². The number of nitrogen functional groups attached to an aromatic ring is 1. The fourth-order valence-corrected chi connectivity index (χ4v) is 4.15. The lowest BCUT2D eigenvalue weighted by molar-refractivity contribution is -0.179. The SMILES string of the molecule is C=C(NOCCCCN(C)OC[C@H]1O[C@@H](n2c(-c3ccccc3)nc3c(N)ncnc32)[C@H](O)[C@@H]1O)OCC. The number of hydroxylamine groups is 3. The normalized spacial score (nSPS) is 21.3. The minimum atomic E-state index is -1.25. The minimum Gasteiger partial charge on any atom is -0.478 e. The summed E-state index contributed by atoms with van der Waals surface area (Å²) in [6, 6.07) is 9.40. The Morgan fingerprint density at radius 2 is 2.00 bits per heavy atom. The van der Waals surface area contributed by atoms with Crippen LogP contribution >= 0.6 is 0 Å². The molecule has 0 aliphatic carbocycles. The fraction of sp³-hybridized carbons (Fsp3) is 0.480. The van der Waals surface area contributed by atoms with Gasteiger partial charge in [-0.25, -0.2) is 20.4 Å². The second-order valence-electron chi connectivity index (χ2n) is 8.81. The number of ether oxygens (including phenoxy) is 2. The molecule has 5 N–H and O–H groups in total. The number of benzene rings is 1. The molecule has 0 bridgehead atoms. The van der Waals surface area contributed by atoms with Crippen molar-refractivity contribution in [2.45, 2.75) is 44.3 Å². The number of unbranched alkanes of at least 4 members (excludes halogenated alkanes) is 1. The van der Waals surface area contributed by atoms with E-state index in [4.69, 9.17) is 24.9 Å². The van der Waals surface area contributed by atoms with Gasteiger partial charge in [-0.05, 0) is 26.3 Å². The number of aliphatic hydroxyl groups is 2. The van der Waals surface area contributed by atoms with Crippen molar-refractivity contribution in [3.05, 3.63) is 49.1 Å². The Kier molecular flexibility index (Phi) is 9.44. The average Bonchev–Trinajstić information content (AvgIpc) is 3.43. The van der Waals surface area contributed by atoms with E-state index in [9.17, 15) is 10.2 Å². The summed E-state index contributed by atoms with van der Waals surface area (Å²) in [6.45, 7) is 7.21. The molecule has 4 rings (SSSR count). The van der Waals surface area contributed by atoms with E-state index >= 15 is 0 Å². The molecule has 1 aliphatic heterocycles. The zero-order chi connectivity index (χ0) is 27.1. The highest BCUT2D eigenvalue weighted by molar-refractivity contribution is 5.85. The second-order valence-corrected chi connectivity index (χ2v) is 8.81. The molecule has 1 fully saturated rings. The van der Waals surface area contributed by atoms with E-state index in [0.717, 1.165) is 18.4 Å². The van der Waals surface area contributed by atoms with Crippen molar-refractivity contribution in [3.8, 4) is 11.4 Å². The Balaban J connectivity index is 1.36. The third kappa shape index (κ3) is 6.38. The van der Waals surface area contributed by atoms with Gasteiger partial charge in [0.15, 0.2) is 23.2 Å². The molecule has 1 aliphatic rings. The summed E-state index contributed by atoms with van der Waals surface area (Å²) in [5.74, 6) is 1.07. The van der Waals surface area contributed by atoms with Crippen LogP contribution in [0.3, 0.4) is 0 Å². The van der Waals surface area contributed by atoms with Gasteiger partial charge in [-0.1, -0.05) is 30.3 Å². The number of fused-ring (bicyclic) bond motifs is 1. The van der Waals surface area contributed by atoms with Crippen molar-refractivity contribution in [2.75, 3.05) is 39.1 Å². The smallest absolute Gasteiger partial charge is 0.203 e. The fourth-order valence-electron chi connectivity index (χ4n) is 4.15. The first kappa shape index (κ1) is 27.7. The van der Waals surface area contributed by atoms with Gasteiger partial charge < -0.3 is 25.4 Å². The van der Waals surface area contributed by atoms with Crippen LogP contribution in [0.2, 0.25) is 0 Å². The maximum atomic E-state index is 11.0. The molecule has 1 saturated heterocycles. The van der Waals surface area contributed by atoms with Crippen molar-refractivity contribution < 1.29 is 29.4 Å². The van der Waals surface area contributed by atoms with Gasteiger partial charge in [-0.15, -0.1) is 0 Å². The van der Waals surface area contributed by atoms with Gasteiger partial charge in [-0.3, -0.25) is 14.2 Å². The number of hydrogen-bond acceptors (Lipinski definition) is 12. The number of imidazole rings is 1. The number of nitrogens with zero attached hydrogens (tertiary/aromatic N) is 5. The number of aliphatic hydroxyl groups excluding tert-OH is 2. The molecule has 0 unspecified atom stereocenters. The zero-order valence-corrected chi connectivity index (χ0v) is 21.6. The van der Waals surface area contributed by atoms with E-state index in [-0.39, 0.29) is 12.4 Å². The third-order valence-electron chi connectivity index (χ3n) is 6.06. The molecule has 0 radical (unpaired) electrons. The van der Waals surface area contributed by atoms with Crippen molar-refractivity contribution in [3.63, 3.8) is 0 Å². The Morgan fingerprint density at radius 3 is 2.76 bits per heavy atom. The first-order valence-corrected chi connectivity index (χ1v) is 12.5. The van der Waals surface area contributed by atoms with Crippen LogP contribution in [0.4, 0.5) is 5.82 Å². The Hall–Kier alpha value is -3.33. The number of aromatic nitrogens is 4. The summed E-state index contributed by atoms with van der Waals surface area (Å²) in [5, 5.41) is 23.4. The largest absolute Gasteiger partial charge is 0.478 e. The molecule has 13 nitrogen and oxygen atoms in total. The van der Waals surface area contributed by atoms with E-state index in [1.54, 1.807) is 16.7 Å². The first-order chi connectivity index (χ1) is 18.4. The van der Waals surface area contributed by atoms with Crippen molar-refractivity contribution in [1.29, 1.82) is 0 Å². The van der Waals surface area contributed by atoms with Crippen LogP contribution in [0.1, 0.15) is 26.0 Å². The van der Waals surface area contributed by atoms with E-state index in [1.807, 2.05) is 37.3 Å². The molecule has 38 heavy (non-hydrogen) atoms. The Labute approximate surface area is 220 Å². The molecule has 3 heterocycles. The van der Waals surface area contributed by atoms with Crippen LogP contribution in [0.5, 0.6) is 0 Å². The summed E-state index contributed by atoms with van der Waals surface area (Å²) < 4.78 is 12.9. The van der Waals surface area contributed by atoms with E-state index < -0.39 is 24.5 Å². The minimum absolute atomic E-state index is 0.0435. The predicted octanol–water partition coefficient (Wildman–Crippen LogP) is 1.37.